The maximum atomic E-state index is 14.9. The van der Waals surface area contributed by atoms with Gasteiger partial charge >= 0.3 is 13.7 Å². The van der Waals surface area contributed by atoms with Gasteiger partial charge in [-0.2, -0.15) is 5.09 Å². The molecule has 0 spiro atoms. The molecule has 3 heterocycles. The fraction of sp³-hybridized carbons (Fsp3) is 0.500. The normalized spacial score (nSPS) is 20.3. The summed E-state index contributed by atoms with van der Waals surface area (Å²) in [4.78, 5) is 26.3. The van der Waals surface area contributed by atoms with Crippen LogP contribution in [-0.2, 0) is 23.4 Å². The minimum Gasteiger partial charge on any atom is -0.465 e. The monoisotopic (exact) mass is 654 g/mol. The number of nitrogen functional groups attached to an aromatic ring is 1. The third kappa shape index (κ3) is 7.84. The Balaban J connectivity index is 1.46. The summed E-state index contributed by atoms with van der Waals surface area (Å²) >= 11 is 0. The number of nitrogens with two attached hydrogens (primary N) is 1. The molecular weight excluding hydrogens is 611 g/mol. The van der Waals surface area contributed by atoms with Crippen molar-refractivity contribution in [3.05, 3.63) is 54.6 Å². The van der Waals surface area contributed by atoms with Crippen LogP contribution in [0.2, 0.25) is 0 Å². The number of aliphatic hydroxyl groups excluding tert-OH is 1. The number of nitrogens with one attached hydrogen (secondary N) is 1. The molecule has 1 aliphatic rings. The minimum absolute atomic E-state index is 0.0588. The quantitative estimate of drug-likeness (QED) is 0.0841. The first kappa shape index (κ1) is 33.7. The lowest BCUT2D eigenvalue weighted by Gasteiger charge is -2.28. The number of carbonyl (C=O) groups excluding carboxylic acids is 1. The first-order chi connectivity index (χ1) is 22.1. The van der Waals surface area contributed by atoms with Crippen molar-refractivity contribution in [1.82, 2.24) is 24.6 Å². The van der Waals surface area contributed by atoms with Crippen LogP contribution in [0.15, 0.2) is 48.8 Å². The van der Waals surface area contributed by atoms with E-state index in [1.807, 2.05) is 44.2 Å². The van der Waals surface area contributed by atoms with E-state index in [4.69, 9.17) is 24.3 Å². The molecule has 1 unspecified atom stereocenters. The Morgan fingerprint density at radius 3 is 2.74 bits per heavy atom. The summed E-state index contributed by atoms with van der Waals surface area (Å²) in [6.45, 7) is 7.55. The summed E-state index contributed by atoms with van der Waals surface area (Å²) in [5.41, 5.74) is 6.94. The van der Waals surface area contributed by atoms with Gasteiger partial charge in [-0.05, 0) is 37.1 Å². The number of ether oxygens (including phenoxy) is 2. The zero-order valence-corrected chi connectivity index (χ0v) is 27.6. The molecule has 0 saturated carbocycles. The molecule has 46 heavy (non-hydrogen) atoms. The van der Waals surface area contributed by atoms with Crippen LogP contribution in [-0.4, -0.2) is 62.1 Å². The first-order valence-corrected chi connectivity index (χ1v) is 17.3. The SMILES string of the molecule is CCCCCOC(=O)[C@H](CC(C)C)NP(=O)(Oc1cccc2ccccc12)O[C@@H]1C[C@H](n2cnc3c(N)nc(C)nc32)O[C@@H]1CO. The number of aliphatic hydroxyl groups is 1. The van der Waals surface area contributed by atoms with Gasteiger partial charge in [0.2, 0.25) is 0 Å². The Bertz CT molecular complexity index is 1690. The van der Waals surface area contributed by atoms with Gasteiger partial charge in [0.1, 0.15) is 41.6 Å². The topological polar surface area (TPSA) is 173 Å². The van der Waals surface area contributed by atoms with Crippen LogP contribution in [0.25, 0.3) is 21.9 Å². The molecule has 2 aromatic heterocycles. The fourth-order valence-corrected chi connectivity index (χ4v) is 7.30. The smallest absolute Gasteiger partial charge is 0.459 e. The van der Waals surface area contributed by atoms with Crippen molar-refractivity contribution >= 4 is 41.5 Å². The second kappa shape index (κ2) is 14.9. The predicted octanol–water partition coefficient (Wildman–Crippen LogP) is 5.46. The van der Waals surface area contributed by atoms with Gasteiger partial charge < -0.3 is 24.8 Å². The van der Waals surface area contributed by atoms with Gasteiger partial charge in [-0.3, -0.25) is 13.9 Å². The van der Waals surface area contributed by atoms with Crippen molar-refractivity contribution in [3.8, 4) is 5.75 Å². The van der Waals surface area contributed by atoms with Gasteiger partial charge in [-0.1, -0.05) is 70.0 Å². The Morgan fingerprint density at radius 1 is 1.20 bits per heavy atom. The highest BCUT2D eigenvalue weighted by molar-refractivity contribution is 7.52. The Hall–Kier alpha value is -3.61. The maximum Gasteiger partial charge on any atom is 0.459 e. The number of benzene rings is 2. The molecule has 1 aliphatic heterocycles. The van der Waals surface area contributed by atoms with E-state index in [2.05, 4.69) is 27.0 Å². The number of anilines is 1. The molecule has 5 rings (SSSR count). The second-order valence-corrected chi connectivity index (χ2v) is 13.6. The van der Waals surface area contributed by atoms with Crippen LogP contribution in [0.1, 0.15) is 64.9 Å². The van der Waals surface area contributed by atoms with Crippen molar-refractivity contribution in [2.45, 2.75) is 84.3 Å². The van der Waals surface area contributed by atoms with E-state index >= 15 is 0 Å². The average molecular weight is 655 g/mol. The molecule has 13 nitrogen and oxygen atoms in total. The summed E-state index contributed by atoms with van der Waals surface area (Å²) in [6.07, 6.45) is 2.22. The molecule has 4 N–H and O–H groups in total. The van der Waals surface area contributed by atoms with Gasteiger partial charge in [0.15, 0.2) is 11.5 Å². The van der Waals surface area contributed by atoms with Crippen molar-refractivity contribution in [3.63, 3.8) is 0 Å². The summed E-state index contributed by atoms with van der Waals surface area (Å²) < 4.78 is 40.8. The first-order valence-electron chi connectivity index (χ1n) is 15.7. The zero-order valence-electron chi connectivity index (χ0n) is 26.7. The second-order valence-electron chi connectivity index (χ2n) is 11.9. The van der Waals surface area contributed by atoms with E-state index in [9.17, 15) is 14.5 Å². The maximum absolute atomic E-state index is 14.9. The van der Waals surface area contributed by atoms with E-state index in [1.165, 1.54) is 6.33 Å². The summed E-state index contributed by atoms with van der Waals surface area (Å²) in [7, 11) is -4.34. The van der Waals surface area contributed by atoms with Crippen LogP contribution < -0.4 is 15.3 Å². The highest BCUT2D eigenvalue weighted by Gasteiger charge is 2.45. The number of aryl methyl sites for hydroxylation is 1. The summed E-state index contributed by atoms with van der Waals surface area (Å²) in [6, 6.07) is 12.0. The molecule has 5 atom stereocenters. The van der Waals surface area contributed by atoms with Crippen LogP contribution in [0.5, 0.6) is 5.75 Å². The molecule has 1 saturated heterocycles. The van der Waals surface area contributed by atoms with Crippen LogP contribution >= 0.6 is 7.75 Å². The Labute approximate surface area is 268 Å². The average Bonchev–Trinajstić information content (AvgIpc) is 3.62. The lowest BCUT2D eigenvalue weighted by molar-refractivity contribution is -0.146. The number of carbonyl (C=O) groups is 1. The van der Waals surface area contributed by atoms with Gasteiger partial charge in [-0.25, -0.2) is 19.5 Å². The predicted molar refractivity (Wildman–Crippen MR) is 174 cm³/mol. The van der Waals surface area contributed by atoms with E-state index in [0.29, 0.717) is 29.2 Å². The van der Waals surface area contributed by atoms with Gasteiger partial charge in [0.05, 0.1) is 19.5 Å². The van der Waals surface area contributed by atoms with Crippen molar-refractivity contribution in [1.29, 1.82) is 0 Å². The molecule has 0 aliphatic carbocycles. The number of rotatable bonds is 15. The van der Waals surface area contributed by atoms with Gasteiger partial charge in [0, 0.05) is 11.8 Å². The minimum atomic E-state index is -4.34. The summed E-state index contributed by atoms with van der Waals surface area (Å²) in [5.74, 6) is 0.537. The third-order valence-electron chi connectivity index (χ3n) is 7.77. The number of nitrogens with zero attached hydrogens (tertiary/aromatic N) is 4. The number of aromatic nitrogens is 4. The lowest BCUT2D eigenvalue weighted by Crippen LogP contribution is -2.40. The fourth-order valence-electron chi connectivity index (χ4n) is 5.56. The van der Waals surface area contributed by atoms with E-state index < -0.39 is 44.8 Å². The molecular formula is C32H43N6O7P. The van der Waals surface area contributed by atoms with E-state index in [1.54, 1.807) is 23.6 Å². The highest BCUT2D eigenvalue weighted by Crippen LogP contribution is 2.51. The Kier molecular flexibility index (Phi) is 10.9. The number of imidazole rings is 1. The number of hydrogen-bond acceptors (Lipinski definition) is 11. The molecule has 1 fully saturated rings. The van der Waals surface area contributed by atoms with Gasteiger partial charge in [-0.15, -0.1) is 0 Å². The van der Waals surface area contributed by atoms with E-state index in [-0.39, 0.29) is 24.8 Å². The van der Waals surface area contributed by atoms with Crippen LogP contribution in [0, 0.1) is 12.8 Å². The molecule has 0 bridgehead atoms. The van der Waals surface area contributed by atoms with Crippen molar-refractivity contribution < 1.29 is 33.0 Å². The number of fused-ring (bicyclic) bond motifs is 2. The molecule has 14 heteroatoms. The van der Waals surface area contributed by atoms with Crippen molar-refractivity contribution in [2.24, 2.45) is 5.92 Å². The van der Waals surface area contributed by atoms with Crippen LogP contribution in [0.4, 0.5) is 5.82 Å². The van der Waals surface area contributed by atoms with Crippen LogP contribution in [0.3, 0.4) is 0 Å². The number of hydrogen-bond donors (Lipinski definition) is 3. The van der Waals surface area contributed by atoms with E-state index in [0.717, 1.165) is 30.0 Å². The molecule has 248 valence electrons. The standard InChI is InChI=1S/C32H43N6O7P/c1-5-6-9-15-42-32(40)24(16-20(2)3)37-46(41,44-25-14-10-12-22-11-7-8-13-23(22)25)45-26-17-28(43-27(26)18-39)38-19-34-29-30(33)35-21(4)36-31(29)38/h7-8,10-14,19-20,24,26-28,39H,5-6,9,15-18H2,1-4H3,(H,37,41)(H2,33,35,36)/t24-,26+,27+,28+,46?/m0/s1. The molecule has 2 aromatic carbocycles. The molecule has 0 radical (unpaired) electrons. The highest BCUT2D eigenvalue weighted by atomic mass is 31.2. The molecule has 4 aromatic rings. The van der Waals surface area contributed by atoms with Gasteiger partial charge in [0.25, 0.3) is 0 Å². The molecule has 0 amide bonds. The number of unbranched alkanes of at least 4 members (excludes halogenated alkanes) is 2. The lowest BCUT2D eigenvalue weighted by atomic mass is 10.1. The Morgan fingerprint density at radius 2 is 1.98 bits per heavy atom. The third-order valence-corrected chi connectivity index (χ3v) is 9.38. The van der Waals surface area contributed by atoms with Crippen molar-refractivity contribution in [2.75, 3.05) is 18.9 Å². The zero-order chi connectivity index (χ0) is 32.8. The number of esters is 1. The summed E-state index contributed by atoms with van der Waals surface area (Å²) in [5, 5.41) is 14.8. The largest absolute Gasteiger partial charge is 0.465 e.